The van der Waals surface area contributed by atoms with E-state index in [1.54, 1.807) is 4.90 Å². The Balaban J connectivity index is 1.63. The molecule has 0 aliphatic heterocycles. The third-order valence-electron chi connectivity index (χ3n) is 6.71. The van der Waals surface area contributed by atoms with Gasteiger partial charge in [-0.1, -0.05) is 115 Å². The number of rotatable bonds is 11. The number of hydrogen-bond acceptors (Lipinski definition) is 2. The number of hydrogen-bond donors (Lipinski definition) is 1. The van der Waals surface area contributed by atoms with Gasteiger partial charge in [0.05, 0.1) is 0 Å². The van der Waals surface area contributed by atoms with Crippen molar-refractivity contribution >= 4 is 38.5 Å². The van der Waals surface area contributed by atoms with Crippen molar-refractivity contribution in [2.45, 2.75) is 45.7 Å². The normalized spacial score (nSPS) is 11.9. The lowest BCUT2D eigenvalue weighted by molar-refractivity contribution is -0.141. The second-order valence-corrected chi connectivity index (χ2v) is 11.0. The molecular weight excluding hydrogens is 536 g/mol. The Labute approximate surface area is 234 Å². The van der Waals surface area contributed by atoms with Crippen LogP contribution < -0.4 is 5.32 Å². The number of nitrogens with one attached hydrogen (secondary N) is 1. The molecule has 0 spiro atoms. The van der Waals surface area contributed by atoms with Crippen molar-refractivity contribution in [2.75, 3.05) is 6.54 Å². The van der Waals surface area contributed by atoms with Crippen LogP contribution in [0.3, 0.4) is 0 Å². The van der Waals surface area contributed by atoms with E-state index >= 15 is 0 Å². The highest BCUT2D eigenvalue weighted by molar-refractivity contribution is 9.10. The second kappa shape index (κ2) is 13.4. The van der Waals surface area contributed by atoms with E-state index < -0.39 is 6.04 Å². The van der Waals surface area contributed by atoms with E-state index in [1.807, 2.05) is 72.8 Å². The van der Waals surface area contributed by atoms with Gasteiger partial charge in [-0.2, -0.15) is 0 Å². The van der Waals surface area contributed by atoms with E-state index in [-0.39, 0.29) is 11.8 Å². The molecule has 1 unspecified atom stereocenters. The Bertz CT molecular complexity index is 1350. The predicted molar refractivity (Wildman–Crippen MR) is 159 cm³/mol. The van der Waals surface area contributed by atoms with Gasteiger partial charge in [-0.25, -0.2) is 0 Å². The summed E-state index contributed by atoms with van der Waals surface area (Å²) >= 11 is 3.50. The van der Waals surface area contributed by atoms with Crippen LogP contribution in [0, 0.1) is 5.92 Å². The van der Waals surface area contributed by atoms with Crippen molar-refractivity contribution in [3.63, 3.8) is 0 Å². The standard InChI is InChI=1S/C33H35BrN2O2/c1-24(2)22-35-33(38)31(21-25-9-4-3-5-10-25)36(23-26-15-18-29(34)19-16-26)32(37)20-17-28-13-8-12-27-11-6-7-14-30(27)28/h3-16,18-19,24,31H,17,20-23H2,1-2H3,(H,35,38). The molecule has 0 heterocycles. The molecule has 38 heavy (non-hydrogen) atoms. The van der Waals surface area contributed by atoms with Gasteiger partial charge in [0, 0.05) is 30.4 Å². The average Bonchev–Trinajstić information content (AvgIpc) is 2.93. The molecule has 1 N–H and O–H groups in total. The molecule has 0 aliphatic rings. The topological polar surface area (TPSA) is 49.4 Å². The molecule has 1 atom stereocenters. The number of carbonyl (C=O) groups is 2. The van der Waals surface area contributed by atoms with Gasteiger partial charge in [-0.05, 0) is 51.9 Å². The second-order valence-electron chi connectivity index (χ2n) is 10.1. The summed E-state index contributed by atoms with van der Waals surface area (Å²) in [6, 6.07) is 31.7. The monoisotopic (exact) mass is 570 g/mol. The number of carbonyl (C=O) groups excluding carboxylic acids is 2. The molecule has 4 aromatic rings. The van der Waals surface area contributed by atoms with Crippen LogP contribution >= 0.6 is 15.9 Å². The molecule has 4 rings (SSSR count). The molecule has 0 aliphatic carbocycles. The van der Waals surface area contributed by atoms with Gasteiger partial charge in [-0.15, -0.1) is 0 Å². The minimum absolute atomic E-state index is 0.0264. The first-order chi connectivity index (χ1) is 18.4. The first-order valence-corrected chi connectivity index (χ1v) is 14.0. The molecule has 0 saturated carbocycles. The number of amides is 2. The molecule has 0 aromatic heterocycles. The lowest BCUT2D eigenvalue weighted by atomic mass is 9.99. The molecule has 196 valence electrons. The van der Waals surface area contributed by atoms with Crippen molar-refractivity contribution in [2.24, 2.45) is 5.92 Å². The third kappa shape index (κ3) is 7.55. The Morgan fingerprint density at radius 3 is 2.24 bits per heavy atom. The van der Waals surface area contributed by atoms with Crippen LogP contribution in [0.15, 0.2) is 102 Å². The van der Waals surface area contributed by atoms with Gasteiger partial charge in [-0.3, -0.25) is 9.59 Å². The van der Waals surface area contributed by atoms with Gasteiger partial charge in [0.15, 0.2) is 0 Å². The Morgan fingerprint density at radius 1 is 0.816 bits per heavy atom. The van der Waals surface area contributed by atoms with Crippen LogP contribution in [0.25, 0.3) is 10.8 Å². The molecule has 4 aromatic carbocycles. The smallest absolute Gasteiger partial charge is 0.243 e. The first kappa shape index (κ1) is 27.6. The Morgan fingerprint density at radius 2 is 1.50 bits per heavy atom. The zero-order valence-corrected chi connectivity index (χ0v) is 23.7. The summed E-state index contributed by atoms with van der Waals surface area (Å²) in [5.41, 5.74) is 3.16. The largest absolute Gasteiger partial charge is 0.354 e. The molecule has 5 heteroatoms. The van der Waals surface area contributed by atoms with Crippen LogP contribution in [0.1, 0.15) is 37.0 Å². The van der Waals surface area contributed by atoms with E-state index in [0.717, 1.165) is 26.5 Å². The summed E-state index contributed by atoms with van der Waals surface area (Å²) in [6.07, 6.45) is 1.40. The molecule has 4 nitrogen and oxygen atoms in total. The first-order valence-electron chi connectivity index (χ1n) is 13.2. The van der Waals surface area contributed by atoms with Crippen molar-refractivity contribution < 1.29 is 9.59 Å². The number of fused-ring (bicyclic) bond motifs is 1. The van der Waals surface area contributed by atoms with E-state index in [1.165, 1.54) is 5.39 Å². The Kier molecular flexibility index (Phi) is 9.72. The van der Waals surface area contributed by atoms with E-state index in [2.05, 4.69) is 59.4 Å². The fourth-order valence-corrected chi connectivity index (χ4v) is 4.92. The van der Waals surface area contributed by atoms with Crippen LogP contribution in [0.5, 0.6) is 0 Å². The van der Waals surface area contributed by atoms with Crippen LogP contribution in [0.4, 0.5) is 0 Å². The third-order valence-corrected chi connectivity index (χ3v) is 7.24. The minimum Gasteiger partial charge on any atom is -0.354 e. The van der Waals surface area contributed by atoms with Gasteiger partial charge < -0.3 is 10.2 Å². The van der Waals surface area contributed by atoms with Gasteiger partial charge in [0.2, 0.25) is 11.8 Å². The van der Waals surface area contributed by atoms with Crippen LogP contribution in [-0.4, -0.2) is 29.3 Å². The number of aryl methyl sites for hydroxylation is 1. The Hall–Kier alpha value is -3.44. The maximum Gasteiger partial charge on any atom is 0.243 e. The average molecular weight is 572 g/mol. The predicted octanol–water partition coefficient (Wildman–Crippen LogP) is 6.95. The SMILES string of the molecule is CC(C)CNC(=O)C(Cc1ccccc1)N(Cc1ccc(Br)cc1)C(=O)CCc1cccc2ccccc12. The van der Waals surface area contributed by atoms with Gasteiger partial charge in [0.1, 0.15) is 6.04 Å². The van der Waals surface area contributed by atoms with Crippen LogP contribution in [-0.2, 0) is 29.0 Å². The van der Waals surface area contributed by atoms with E-state index in [0.29, 0.717) is 38.3 Å². The number of halogens is 1. The van der Waals surface area contributed by atoms with E-state index in [4.69, 9.17) is 0 Å². The zero-order chi connectivity index (χ0) is 26.9. The minimum atomic E-state index is -0.611. The highest BCUT2D eigenvalue weighted by atomic mass is 79.9. The molecular formula is C33H35BrN2O2. The summed E-state index contributed by atoms with van der Waals surface area (Å²) in [5, 5.41) is 5.42. The molecule has 0 radical (unpaired) electrons. The number of nitrogens with zero attached hydrogens (tertiary/aromatic N) is 1. The molecule has 0 saturated heterocycles. The molecule has 2 amide bonds. The highest BCUT2D eigenvalue weighted by Gasteiger charge is 2.30. The van der Waals surface area contributed by atoms with Crippen molar-refractivity contribution in [3.05, 3.63) is 118 Å². The molecule has 0 fully saturated rings. The fourth-order valence-electron chi connectivity index (χ4n) is 4.66. The lowest BCUT2D eigenvalue weighted by Gasteiger charge is -2.32. The van der Waals surface area contributed by atoms with Crippen molar-refractivity contribution in [1.82, 2.24) is 10.2 Å². The maximum atomic E-state index is 13.9. The lowest BCUT2D eigenvalue weighted by Crippen LogP contribution is -2.51. The zero-order valence-electron chi connectivity index (χ0n) is 22.1. The van der Waals surface area contributed by atoms with E-state index in [9.17, 15) is 9.59 Å². The highest BCUT2D eigenvalue weighted by Crippen LogP contribution is 2.22. The summed E-state index contributed by atoms with van der Waals surface area (Å²) in [4.78, 5) is 29.3. The van der Waals surface area contributed by atoms with Crippen LogP contribution in [0.2, 0.25) is 0 Å². The van der Waals surface area contributed by atoms with Gasteiger partial charge >= 0.3 is 0 Å². The van der Waals surface area contributed by atoms with Gasteiger partial charge in [0.25, 0.3) is 0 Å². The van der Waals surface area contributed by atoms with Crippen molar-refractivity contribution in [1.29, 1.82) is 0 Å². The number of benzene rings is 4. The summed E-state index contributed by atoms with van der Waals surface area (Å²) < 4.78 is 0.977. The molecule has 0 bridgehead atoms. The summed E-state index contributed by atoms with van der Waals surface area (Å²) in [6.45, 7) is 5.08. The maximum absolute atomic E-state index is 13.9. The van der Waals surface area contributed by atoms with Crippen molar-refractivity contribution in [3.8, 4) is 0 Å². The quantitative estimate of drug-likeness (QED) is 0.212. The fraction of sp³-hybridized carbons (Fsp3) is 0.273. The summed E-state index contributed by atoms with van der Waals surface area (Å²) in [5.74, 6) is 0.179. The summed E-state index contributed by atoms with van der Waals surface area (Å²) in [7, 11) is 0.